The van der Waals surface area contributed by atoms with E-state index < -0.39 is 28.6 Å². The lowest BCUT2D eigenvalue weighted by Gasteiger charge is -2.19. The van der Waals surface area contributed by atoms with E-state index >= 15 is 4.39 Å². The van der Waals surface area contributed by atoms with Crippen LogP contribution in [0.1, 0.15) is 10.4 Å². The second kappa shape index (κ2) is 9.23. The zero-order chi connectivity index (χ0) is 26.3. The third-order valence-electron chi connectivity index (χ3n) is 5.75. The van der Waals surface area contributed by atoms with Crippen molar-refractivity contribution in [1.82, 2.24) is 19.9 Å². The van der Waals surface area contributed by atoms with Crippen LogP contribution in [0.15, 0.2) is 35.5 Å². The SMILES string of the molecule is CN.CNc1cc(F)c(F)c2c1[nH]c1ncc(-c3cnc4[nH]cc(C(=O)O)c(=O)c4c3)c(N(C)C)c12. The zero-order valence-corrected chi connectivity index (χ0v) is 19.8. The number of nitrogens with one attached hydrogen (secondary N) is 3. The molecule has 6 N–H and O–H groups in total. The summed E-state index contributed by atoms with van der Waals surface area (Å²) in [5, 5.41) is 12.6. The molecule has 0 saturated heterocycles. The first kappa shape index (κ1) is 24.5. The van der Waals surface area contributed by atoms with E-state index in [1.54, 1.807) is 32.2 Å². The van der Waals surface area contributed by atoms with Crippen LogP contribution in [0.5, 0.6) is 0 Å². The van der Waals surface area contributed by atoms with Crippen molar-refractivity contribution in [3.05, 3.63) is 58.1 Å². The Labute approximate surface area is 202 Å². The average Bonchev–Trinajstić information content (AvgIpc) is 3.26. The van der Waals surface area contributed by atoms with Gasteiger partial charge >= 0.3 is 5.97 Å². The lowest BCUT2D eigenvalue weighted by molar-refractivity contribution is 0.0695. The third-order valence-corrected chi connectivity index (χ3v) is 5.75. The molecule has 4 heterocycles. The predicted octanol–water partition coefficient (Wildman–Crippen LogP) is 3.28. The molecule has 0 atom stereocenters. The molecule has 0 spiro atoms. The lowest BCUT2D eigenvalue weighted by atomic mass is 10.0. The van der Waals surface area contributed by atoms with Gasteiger partial charge in [-0.3, -0.25) is 4.79 Å². The molecule has 0 fully saturated rings. The van der Waals surface area contributed by atoms with Gasteiger partial charge in [0.15, 0.2) is 11.6 Å². The molecule has 10 nitrogen and oxygen atoms in total. The number of carboxylic acid groups (broad SMARTS) is 1. The molecule has 12 heteroatoms. The summed E-state index contributed by atoms with van der Waals surface area (Å²) in [5.74, 6) is -3.38. The van der Waals surface area contributed by atoms with Crippen molar-refractivity contribution in [2.45, 2.75) is 0 Å². The summed E-state index contributed by atoms with van der Waals surface area (Å²) in [6.45, 7) is 0. The largest absolute Gasteiger partial charge is 0.477 e. The van der Waals surface area contributed by atoms with Crippen LogP contribution in [0.25, 0.3) is 44.1 Å². The minimum absolute atomic E-state index is 0.0390. The summed E-state index contributed by atoms with van der Waals surface area (Å²) in [4.78, 5) is 40.3. The Bertz CT molecular complexity index is 1710. The van der Waals surface area contributed by atoms with E-state index in [4.69, 9.17) is 0 Å². The molecular weight excluding hydrogens is 472 g/mol. The zero-order valence-electron chi connectivity index (χ0n) is 19.8. The Morgan fingerprint density at radius 3 is 2.44 bits per heavy atom. The Balaban J connectivity index is 0.00000148. The van der Waals surface area contributed by atoms with Crippen LogP contribution < -0.4 is 21.4 Å². The first-order valence-corrected chi connectivity index (χ1v) is 10.7. The number of hydrogen-bond donors (Lipinski definition) is 5. The van der Waals surface area contributed by atoms with Gasteiger partial charge in [-0.15, -0.1) is 0 Å². The maximum absolute atomic E-state index is 15.1. The molecule has 186 valence electrons. The molecule has 36 heavy (non-hydrogen) atoms. The van der Waals surface area contributed by atoms with Gasteiger partial charge in [0, 0.05) is 56.9 Å². The molecule has 0 saturated carbocycles. The smallest absolute Gasteiger partial charge is 0.341 e. The summed E-state index contributed by atoms with van der Waals surface area (Å²) in [6, 6.07) is 2.58. The Hall–Kier alpha value is -4.58. The summed E-state index contributed by atoms with van der Waals surface area (Å²) in [6.07, 6.45) is 4.14. The first-order chi connectivity index (χ1) is 17.2. The normalized spacial score (nSPS) is 11.0. The fourth-order valence-corrected chi connectivity index (χ4v) is 4.23. The van der Waals surface area contributed by atoms with Crippen LogP contribution in [0.3, 0.4) is 0 Å². The maximum Gasteiger partial charge on any atom is 0.341 e. The maximum atomic E-state index is 15.1. The van der Waals surface area contributed by atoms with E-state index in [-0.39, 0.29) is 16.4 Å². The van der Waals surface area contributed by atoms with Gasteiger partial charge in [0.2, 0.25) is 5.43 Å². The molecule has 0 radical (unpaired) electrons. The fourth-order valence-electron chi connectivity index (χ4n) is 4.23. The number of halogens is 2. The number of fused-ring (bicyclic) bond motifs is 4. The van der Waals surface area contributed by atoms with Crippen molar-refractivity contribution in [2.75, 3.05) is 38.4 Å². The molecule has 5 aromatic rings. The Morgan fingerprint density at radius 1 is 1.11 bits per heavy atom. The van der Waals surface area contributed by atoms with Crippen molar-refractivity contribution < 1.29 is 18.7 Å². The van der Waals surface area contributed by atoms with Crippen molar-refractivity contribution in [1.29, 1.82) is 0 Å². The van der Waals surface area contributed by atoms with Gasteiger partial charge in [-0.05, 0) is 13.1 Å². The summed E-state index contributed by atoms with van der Waals surface area (Å²) in [7, 11) is 6.60. The summed E-state index contributed by atoms with van der Waals surface area (Å²) in [5.41, 5.74) is 6.19. The molecule has 0 aliphatic rings. The van der Waals surface area contributed by atoms with Crippen LogP contribution in [0.4, 0.5) is 20.2 Å². The second-order valence-electron chi connectivity index (χ2n) is 7.94. The number of aromatic carboxylic acids is 1. The fraction of sp³-hybridized carbons (Fsp3) is 0.167. The lowest BCUT2D eigenvalue weighted by Crippen LogP contribution is -2.16. The monoisotopic (exact) mass is 495 g/mol. The summed E-state index contributed by atoms with van der Waals surface area (Å²) >= 11 is 0. The van der Waals surface area contributed by atoms with E-state index in [9.17, 15) is 19.1 Å². The van der Waals surface area contributed by atoms with Gasteiger partial charge in [0.1, 0.15) is 16.9 Å². The van der Waals surface area contributed by atoms with Gasteiger partial charge in [-0.1, -0.05) is 0 Å². The minimum Gasteiger partial charge on any atom is -0.477 e. The van der Waals surface area contributed by atoms with Gasteiger partial charge in [0.05, 0.1) is 33.1 Å². The second-order valence-corrected chi connectivity index (χ2v) is 7.94. The van der Waals surface area contributed by atoms with Crippen molar-refractivity contribution in [3.63, 3.8) is 0 Å². The number of carboxylic acids is 1. The highest BCUT2D eigenvalue weighted by Crippen LogP contribution is 2.42. The van der Waals surface area contributed by atoms with E-state index in [0.29, 0.717) is 39.1 Å². The van der Waals surface area contributed by atoms with Gasteiger partial charge in [-0.25, -0.2) is 23.5 Å². The van der Waals surface area contributed by atoms with Crippen molar-refractivity contribution in [3.8, 4) is 11.1 Å². The quantitative estimate of drug-likeness (QED) is 0.255. The Morgan fingerprint density at radius 2 is 1.81 bits per heavy atom. The molecular formula is C24H23F2N7O3. The molecule has 0 aliphatic carbocycles. The van der Waals surface area contributed by atoms with Crippen molar-refractivity contribution >= 4 is 50.3 Å². The van der Waals surface area contributed by atoms with E-state index in [0.717, 1.165) is 12.3 Å². The van der Waals surface area contributed by atoms with Crippen LogP contribution in [-0.4, -0.2) is 59.2 Å². The standard InChI is InChI=1S/C23H18F2N6O3.CH5N/c1-26-14-5-13(24)17(25)15-16-19(31(2)3)11(7-29-22(16)30-18(14)15)9-4-10-20(32)12(23(33)34)8-28-21(10)27-6-9;1-2/h4-8,26H,1-3H3,(H,29,30)(H,33,34)(H,27,28,32);2H2,1H3. The van der Waals surface area contributed by atoms with E-state index in [1.165, 1.54) is 19.3 Å². The van der Waals surface area contributed by atoms with Crippen LogP contribution in [-0.2, 0) is 0 Å². The number of aromatic nitrogens is 4. The highest BCUT2D eigenvalue weighted by Gasteiger charge is 2.23. The highest BCUT2D eigenvalue weighted by atomic mass is 19.2. The number of nitrogens with two attached hydrogens (primary N) is 1. The number of aromatic amines is 2. The topological polar surface area (TPSA) is 153 Å². The number of anilines is 2. The molecule has 0 unspecified atom stereocenters. The summed E-state index contributed by atoms with van der Waals surface area (Å²) < 4.78 is 29.5. The predicted molar refractivity (Wildman–Crippen MR) is 136 cm³/mol. The number of H-pyrrole nitrogens is 2. The number of nitrogens with zero attached hydrogens (tertiary/aromatic N) is 3. The number of rotatable bonds is 4. The third kappa shape index (κ3) is 3.67. The molecule has 1 aromatic carbocycles. The molecule has 5 rings (SSSR count). The number of benzene rings is 1. The average molecular weight is 495 g/mol. The number of hydrogen-bond acceptors (Lipinski definition) is 7. The van der Waals surface area contributed by atoms with Crippen LogP contribution in [0.2, 0.25) is 0 Å². The first-order valence-electron chi connectivity index (χ1n) is 10.7. The highest BCUT2D eigenvalue weighted by molar-refractivity contribution is 6.18. The van der Waals surface area contributed by atoms with Crippen LogP contribution >= 0.6 is 0 Å². The molecule has 4 aromatic heterocycles. The van der Waals surface area contributed by atoms with Gasteiger partial charge in [0.25, 0.3) is 0 Å². The molecule has 0 aliphatic heterocycles. The van der Waals surface area contributed by atoms with Gasteiger partial charge < -0.3 is 31.0 Å². The molecule has 0 amide bonds. The van der Waals surface area contributed by atoms with Gasteiger partial charge in [-0.2, -0.15) is 0 Å². The Kier molecular flexibility index (Phi) is 6.29. The van der Waals surface area contributed by atoms with E-state index in [2.05, 4.69) is 31.0 Å². The minimum atomic E-state index is -1.36. The number of pyridine rings is 3. The van der Waals surface area contributed by atoms with Crippen LogP contribution in [0, 0.1) is 11.6 Å². The van der Waals surface area contributed by atoms with E-state index in [1.807, 2.05) is 0 Å². The number of carbonyl (C=O) groups is 1. The van der Waals surface area contributed by atoms with Crippen molar-refractivity contribution in [2.24, 2.45) is 5.73 Å². The molecule has 0 bridgehead atoms.